The number of hydrogen-bond donors (Lipinski definition) is 0. The van der Waals surface area contributed by atoms with Crippen LogP contribution in [0.15, 0.2) is 163 Å². The number of ketones is 2. The van der Waals surface area contributed by atoms with E-state index >= 15 is 9.59 Å². The second kappa shape index (κ2) is 13.8. The van der Waals surface area contributed by atoms with Gasteiger partial charge in [0.05, 0.1) is 0 Å². The van der Waals surface area contributed by atoms with Gasteiger partial charge < -0.3 is 4.74 Å². The van der Waals surface area contributed by atoms with E-state index in [1.54, 1.807) is 7.11 Å². The van der Waals surface area contributed by atoms with Crippen molar-refractivity contribution < 1.29 is 14.3 Å². The minimum absolute atomic E-state index is 0.198. The molecule has 0 aromatic heterocycles. The summed E-state index contributed by atoms with van der Waals surface area (Å²) in [7, 11) is 1.61. The minimum atomic E-state index is -1.56. The number of methoxy groups -OCH3 is 1. The maximum absolute atomic E-state index is 15.6. The Morgan fingerprint density at radius 3 is 1.55 bits per heavy atom. The summed E-state index contributed by atoms with van der Waals surface area (Å²) in [4.78, 5) is 31.1. The van der Waals surface area contributed by atoms with Crippen molar-refractivity contribution in [2.24, 2.45) is 5.41 Å². The standard InChI is InChI=1S/C46H42O3/c1-3-4-9-18-33-27-29-34(30-28-33)39-31-46(49-2)40(41(35-19-10-5-11-20-35)36-21-12-6-13-22-36)32-45(43(39)47,44(46)48)42(37-23-14-7-15-24-37)38-25-16-8-17-26-38/h5-8,10-17,19-32,41-42H,3-4,9,18H2,1-2H3/t45-,46-/m0/s1. The SMILES string of the molecule is CCCCCc1ccc(C2=C[C@@]3(OC)C(=O)[C@](C(c4ccccc4)c4ccccc4)(C=C3C(c3ccccc3)c3ccccc3)C2=O)cc1. The Morgan fingerprint density at radius 1 is 0.592 bits per heavy atom. The number of rotatable bonds is 12. The molecule has 244 valence electrons. The third-order valence-electron chi connectivity index (χ3n) is 10.4. The highest BCUT2D eigenvalue weighted by molar-refractivity contribution is 6.37. The molecule has 49 heavy (non-hydrogen) atoms. The fourth-order valence-electron chi connectivity index (χ4n) is 8.07. The fourth-order valence-corrected chi connectivity index (χ4v) is 8.07. The van der Waals surface area contributed by atoms with Gasteiger partial charge in [0.15, 0.2) is 17.2 Å². The van der Waals surface area contributed by atoms with E-state index in [0.717, 1.165) is 46.2 Å². The summed E-state index contributed by atoms with van der Waals surface area (Å²) in [5.41, 5.74) is 4.17. The number of fused-ring (bicyclic) bond motifs is 2. The Labute approximate surface area is 290 Å². The number of benzene rings is 5. The quantitative estimate of drug-likeness (QED) is 0.0773. The van der Waals surface area contributed by atoms with Crippen LogP contribution in [0, 0.1) is 5.41 Å². The second-order valence-electron chi connectivity index (χ2n) is 13.3. The van der Waals surface area contributed by atoms with Crippen LogP contribution in [-0.4, -0.2) is 24.3 Å². The van der Waals surface area contributed by atoms with Crippen molar-refractivity contribution in [2.75, 3.05) is 7.11 Å². The Morgan fingerprint density at radius 2 is 1.08 bits per heavy atom. The molecule has 0 saturated carbocycles. The van der Waals surface area contributed by atoms with Gasteiger partial charge in [-0.1, -0.05) is 171 Å². The van der Waals surface area contributed by atoms with E-state index in [0.29, 0.717) is 5.57 Å². The first-order valence-corrected chi connectivity index (χ1v) is 17.4. The monoisotopic (exact) mass is 642 g/mol. The lowest BCUT2D eigenvalue weighted by atomic mass is 9.59. The lowest BCUT2D eigenvalue weighted by Gasteiger charge is -2.41. The molecule has 2 aliphatic carbocycles. The normalized spacial score (nSPS) is 20.1. The molecule has 0 saturated heterocycles. The maximum Gasteiger partial charge on any atom is 0.191 e. The van der Waals surface area contributed by atoms with E-state index in [9.17, 15) is 0 Å². The second-order valence-corrected chi connectivity index (χ2v) is 13.3. The molecule has 3 heteroatoms. The molecule has 0 spiro atoms. The van der Waals surface area contributed by atoms with Gasteiger partial charge in [-0.25, -0.2) is 0 Å². The Kier molecular flexibility index (Phi) is 9.12. The largest absolute Gasteiger partial charge is 0.362 e. The molecule has 7 rings (SSSR count). The molecule has 5 aromatic rings. The van der Waals surface area contributed by atoms with Crippen LogP contribution >= 0.6 is 0 Å². The highest BCUT2D eigenvalue weighted by Gasteiger charge is 2.68. The zero-order valence-electron chi connectivity index (χ0n) is 28.2. The topological polar surface area (TPSA) is 43.4 Å². The molecule has 0 amide bonds. The molecule has 0 N–H and O–H groups in total. The van der Waals surface area contributed by atoms with Crippen LogP contribution in [0.1, 0.15) is 71.4 Å². The molecule has 3 nitrogen and oxygen atoms in total. The summed E-state index contributed by atoms with van der Waals surface area (Å²) in [6.45, 7) is 2.21. The van der Waals surface area contributed by atoms with E-state index < -0.39 is 16.9 Å². The van der Waals surface area contributed by atoms with Gasteiger partial charge in [0.1, 0.15) is 5.41 Å². The first-order valence-electron chi connectivity index (χ1n) is 17.4. The van der Waals surface area contributed by atoms with Crippen molar-refractivity contribution in [3.63, 3.8) is 0 Å². The Balaban J connectivity index is 1.51. The van der Waals surface area contributed by atoms with Crippen molar-refractivity contribution in [1.82, 2.24) is 0 Å². The van der Waals surface area contributed by atoms with E-state index in [-0.39, 0.29) is 17.5 Å². The predicted octanol–water partition coefficient (Wildman–Crippen LogP) is 9.93. The third kappa shape index (κ3) is 5.62. The Bertz CT molecular complexity index is 1900. The fraction of sp³-hybridized carbons (Fsp3) is 0.217. The molecule has 0 heterocycles. The number of Topliss-reactive ketones (excluding diaryl/α,β-unsaturated/α-hetero) is 2. The summed E-state index contributed by atoms with van der Waals surface area (Å²) in [6, 6.07) is 48.8. The summed E-state index contributed by atoms with van der Waals surface area (Å²) < 4.78 is 6.51. The molecular weight excluding hydrogens is 601 g/mol. The van der Waals surface area contributed by atoms with Gasteiger partial charge in [0, 0.05) is 24.5 Å². The number of allylic oxidation sites excluding steroid dienone is 2. The molecule has 2 aliphatic rings. The van der Waals surface area contributed by atoms with Crippen molar-refractivity contribution >= 4 is 17.1 Å². The summed E-state index contributed by atoms with van der Waals surface area (Å²) in [6.07, 6.45) is 8.31. The van der Waals surface area contributed by atoms with Gasteiger partial charge in [-0.15, -0.1) is 0 Å². The van der Waals surface area contributed by atoms with E-state index in [2.05, 4.69) is 43.3 Å². The van der Waals surface area contributed by atoms with Gasteiger partial charge in [-0.3, -0.25) is 9.59 Å². The molecule has 2 bridgehead atoms. The van der Waals surface area contributed by atoms with Crippen molar-refractivity contribution in [2.45, 2.75) is 50.0 Å². The lowest BCUT2D eigenvalue weighted by molar-refractivity contribution is -0.145. The van der Waals surface area contributed by atoms with E-state index in [4.69, 9.17) is 4.74 Å². The van der Waals surface area contributed by atoms with Crippen LogP contribution in [0.4, 0.5) is 0 Å². The third-order valence-corrected chi connectivity index (χ3v) is 10.4. The molecular formula is C46H42O3. The lowest BCUT2D eigenvalue weighted by Crippen LogP contribution is -2.54. The van der Waals surface area contributed by atoms with Crippen LogP contribution in [-0.2, 0) is 20.7 Å². The van der Waals surface area contributed by atoms with Crippen LogP contribution in [0.2, 0.25) is 0 Å². The zero-order chi connectivity index (χ0) is 33.8. The average Bonchev–Trinajstić information content (AvgIpc) is 3.33. The summed E-state index contributed by atoms with van der Waals surface area (Å²) in [5.74, 6) is -1.34. The number of aryl methyl sites for hydroxylation is 1. The van der Waals surface area contributed by atoms with Gasteiger partial charge in [0.2, 0.25) is 0 Å². The van der Waals surface area contributed by atoms with E-state index in [1.165, 1.54) is 18.4 Å². The summed E-state index contributed by atoms with van der Waals surface area (Å²) >= 11 is 0. The Hall–Kier alpha value is -5.12. The first kappa shape index (κ1) is 32.4. The smallest absolute Gasteiger partial charge is 0.191 e. The molecule has 0 unspecified atom stereocenters. The predicted molar refractivity (Wildman–Crippen MR) is 197 cm³/mol. The molecule has 5 aromatic carbocycles. The van der Waals surface area contributed by atoms with Crippen LogP contribution < -0.4 is 0 Å². The minimum Gasteiger partial charge on any atom is -0.362 e. The van der Waals surface area contributed by atoms with Crippen molar-refractivity contribution in [1.29, 1.82) is 0 Å². The molecule has 0 radical (unpaired) electrons. The number of unbranched alkanes of at least 4 members (excludes halogenated alkanes) is 2. The molecule has 0 aliphatic heterocycles. The van der Waals surface area contributed by atoms with Gasteiger partial charge in [-0.2, -0.15) is 0 Å². The van der Waals surface area contributed by atoms with Crippen molar-refractivity contribution in [3.8, 4) is 0 Å². The highest BCUT2D eigenvalue weighted by Crippen LogP contribution is 2.61. The number of carbonyl (C=O) groups excluding carboxylic acids is 2. The van der Waals surface area contributed by atoms with Crippen LogP contribution in [0.3, 0.4) is 0 Å². The first-order chi connectivity index (χ1) is 24.0. The summed E-state index contributed by atoms with van der Waals surface area (Å²) in [5, 5.41) is 0. The zero-order valence-corrected chi connectivity index (χ0v) is 28.2. The highest BCUT2D eigenvalue weighted by atomic mass is 16.5. The van der Waals surface area contributed by atoms with E-state index in [1.807, 2.05) is 121 Å². The molecule has 0 fully saturated rings. The number of carbonyl (C=O) groups is 2. The van der Waals surface area contributed by atoms with Gasteiger partial charge in [0.25, 0.3) is 0 Å². The number of ether oxygens (including phenoxy) is 1. The van der Waals surface area contributed by atoms with Gasteiger partial charge in [-0.05, 0) is 57.9 Å². The van der Waals surface area contributed by atoms with Crippen molar-refractivity contribution in [3.05, 3.63) is 197 Å². The van der Waals surface area contributed by atoms with Crippen LogP contribution in [0.5, 0.6) is 0 Å². The molecule has 2 atom stereocenters. The maximum atomic E-state index is 15.6. The average molecular weight is 643 g/mol. The van der Waals surface area contributed by atoms with Crippen LogP contribution in [0.25, 0.3) is 5.57 Å². The number of hydrogen-bond acceptors (Lipinski definition) is 3. The van der Waals surface area contributed by atoms with Gasteiger partial charge >= 0.3 is 0 Å².